The highest BCUT2D eigenvalue weighted by Crippen LogP contribution is 2.20. The molecule has 0 unspecified atom stereocenters. The Labute approximate surface area is 102 Å². The summed E-state index contributed by atoms with van der Waals surface area (Å²) in [6.07, 6.45) is 4.96. The number of hydrogen-bond acceptors (Lipinski definition) is 3. The largest absolute Gasteiger partial charge is 0.477 e. The smallest absolute Gasteiger partial charge is 0.352 e. The lowest BCUT2D eigenvalue weighted by molar-refractivity contribution is 0.0689. The molecule has 1 N–H and O–H groups in total. The number of carbonyl (C=O) groups is 1. The van der Waals surface area contributed by atoms with Gasteiger partial charge in [0.2, 0.25) is 0 Å². The second kappa shape index (κ2) is 3.96. The fourth-order valence-corrected chi connectivity index (χ4v) is 1.92. The van der Waals surface area contributed by atoms with Gasteiger partial charge < -0.3 is 5.11 Å². The van der Waals surface area contributed by atoms with Gasteiger partial charge in [-0.2, -0.15) is 0 Å². The quantitative estimate of drug-likeness (QED) is 0.743. The number of fused-ring (bicyclic) bond motifs is 1. The van der Waals surface area contributed by atoms with Crippen LogP contribution in [0.3, 0.4) is 0 Å². The van der Waals surface area contributed by atoms with Crippen LogP contribution in [0.4, 0.5) is 0 Å². The van der Waals surface area contributed by atoms with Crippen LogP contribution in [0, 0.1) is 0 Å². The van der Waals surface area contributed by atoms with Crippen molar-refractivity contribution in [3.05, 3.63) is 54.6 Å². The zero-order valence-electron chi connectivity index (χ0n) is 9.32. The topological polar surface area (TPSA) is 67.5 Å². The van der Waals surface area contributed by atoms with E-state index in [-0.39, 0.29) is 5.69 Å². The van der Waals surface area contributed by atoms with Crippen molar-refractivity contribution >= 4 is 11.5 Å². The molecule has 5 heteroatoms. The first-order valence-corrected chi connectivity index (χ1v) is 5.37. The first-order chi connectivity index (χ1) is 8.77. The number of aromatic nitrogens is 3. The lowest BCUT2D eigenvalue weighted by Gasteiger charge is -2.04. The third-order valence-electron chi connectivity index (χ3n) is 2.71. The van der Waals surface area contributed by atoms with Crippen molar-refractivity contribution in [2.75, 3.05) is 0 Å². The molecule has 3 aromatic rings. The molecular weight excluding hydrogens is 230 g/mol. The van der Waals surface area contributed by atoms with Gasteiger partial charge in [0.1, 0.15) is 11.5 Å². The molecule has 3 rings (SSSR count). The molecule has 0 amide bonds. The van der Waals surface area contributed by atoms with Gasteiger partial charge in [-0.15, -0.1) is 0 Å². The molecule has 0 aromatic carbocycles. The molecule has 0 radical (unpaired) electrons. The standard InChI is InChI=1S/C13H9N3O2/c17-13(18)11-3-1-2-10-8-15-12(16(10)11)9-4-6-14-7-5-9/h1-8H,(H,17,18). The maximum Gasteiger partial charge on any atom is 0.352 e. The molecule has 0 aliphatic rings. The minimum Gasteiger partial charge on any atom is -0.477 e. The van der Waals surface area contributed by atoms with Crippen molar-refractivity contribution < 1.29 is 9.90 Å². The number of rotatable bonds is 2. The van der Waals surface area contributed by atoms with Gasteiger partial charge in [-0.05, 0) is 24.3 Å². The summed E-state index contributed by atoms with van der Waals surface area (Å²) in [5, 5.41) is 9.21. The van der Waals surface area contributed by atoms with Gasteiger partial charge in [-0.1, -0.05) is 6.07 Å². The Hall–Kier alpha value is -2.69. The molecule has 88 valence electrons. The Morgan fingerprint density at radius 3 is 2.67 bits per heavy atom. The van der Waals surface area contributed by atoms with Crippen molar-refractivity contribution in [3.8, 4) is 11.4 Å². The van der Waals surface area contributed by atoms with E-state index in [1.807, 2.05) is 6.07 Å². The molecule has 0 aliphatic heterocycles. The third kappa shape index (κ3) is 1.53. The average Bonchev–Trinajstić information content (AvgIpc) is 2.83. The highest BCUT2D eigenvalue weighted by atomic mass is 16.4. The van der Waals surface area contributed by atoms with E-state index < -0.39 is 5.97 Å². The van der Waals surface area contributed by atoms with Gasteiger partial charge in [0.05, 0.1) is 11.7 Å². The Balaban J connectivity index is 2.35. The number of pyridine rings is 2. The van der Waals surface area contributed by atoms with E-state index in [1.54, 1.807) is 47.3 Å². The van der Waals surface area contributed by atoms with Crippen molar-refractivity contribution in [1.29, 1.82) is 0 Å². The van der Waals surface area contributed by atoms with E-state index in [2.05, 4.69) is 9.97 Å². The maximum absolute atomic E-state index is 11.2. The van der Waals surface area contributed by atoms with Gasteiger partial charge in [0.25, 0.3) is 0 Å². The molecule has 0 saturated heterocycles. The normalized spacial score (nSPS) is 10.7. The van der Waals surface area contributed by atoms with Crippen molar-refractivity contribution in [2.24, 2.45) is 0 Å². The summed E-state index contributed by atoms with van der Waals surface area (Å²) in [6, 6.07) is 8.68. The van der Waals surface area contributed by atoms with Gasteiger partial charge >= 0.3 is 5.97 Å². The van der Waals surface area contributed by atoms with Gasteiger partial charge in [0, 0.05) is 18.0 Å². The molecule has 3 aromatic heterocycles. The Morgan fingerprint density at radius 2 is 1.94 bits per heavy atom. The number of aromatic carboxylic acids is 1. The fraction of sp³-hybridized carbons (Fsp3) is 0. The van der Waals surface area contributed by atoms with E-state index in [1.165, 1.54) is 0 Å². The highest BCUT2D eigenvalue weighted by molar-refractivity contribution is 5.87. The first kappa shape index (κ1) is 10.5. The van der Waals surface area contributed by atoms with Crippen LogP contribution in [-0.4, -0.2) is 25.4 Å². The van der Waals surface area contributed by atoms with Crippen LogP contribution in [0.1, 0.15) is 10.5 Å². The predicted molar refractivity (Wildman–Crippen MR) is 65.4 cm³/mol. The minimum absolute atomic E-state index is 0.191. The monoisotopic (exact) mass is 239 g/mol. The summed E-state index contributed by atoms with van der Waals surface area (Å²) < 4.78 is 1.62. The molecular formula is C13H9N3O2. The van der Waals surface area contributed by atoms with Crippen LogP contribution in [0.2, 0.25) is 0 Å². The number of nitrogens with zero attached hydrogens (tertiary/aromatic N) is 3. The lowest BCUT2D eigenvalue weighted by atomic mass is 10.2. The van der Waals surface area contributed by atoms with Crippen LogP contribution in [0.25, 0.3) is 16.9 Å². The summed E-state index contributed by atoms with van der Waals surface area (Å²) in [6.45, 7) is 0. The second-order valence-corrected chi connectivity index (χ2v) is 3.79. The Bertz CT molecular complexity index is 719. The predicted octanol–water partition coefficient (Wildman–Crippen LogP) is 2.09. The third-order valence-corrected chi connectivity index (χ3v) is 2.71. The minimum atomic E-state index is -0.978. The molecule has 0 aliphatic carbocycles. The SMILES string of the molecule is O=C(O)c1cccc2cnc(-c3ccncc3)n12. The number of imidazole rings is 1. The average molecular weight is 239 g/mol. The van der Waals surface area contributed by atoms with Crippen molar-refractivity contribution in [1.82, 2.24) is 14.4 Å². The van der Waals surface area contributed by atoms with Crippen LogP contribution >= 0.6 is 0 Å². The van der Waals surface area contributed by atoms with E-state index in [0.29, 0.717) is 5.82 Å². The fourth-order valence-electron chi connectivity index (χ4n) is 1.92. The Morgan fingerprint density at radius 1 is 1.17 bits per heavy atom. The molecule has 5 nitrogen and oxygen atoms in total. The molecule has 0 atom stereocenters. The summed E-state index contributed by atoms with van der Waals surface area (Å²) in [7, 11) is 0. The van der Waals surface area contributed by atoms with E-state index in [4.69, 9.17) is 0 Å². The van der Waals surface area contributed by atoms with Crippen LogP contribution < -0.4 is 0 Å². The Kier molecular flexibility index (Phi) is 2.30. The van der Waals surface area contributed by atoms with E-state index in [0.717, 1.165) is 11.1 Å². The van der Waals surface area contributed by atoms with Crippen LogP contribution in [-0.2, 0) is 0 Å². The second-order valence-electron chi connectivity index (χ2n) is 3.79. The van der Waals surface area contributed by atoms with Crippen LogP contribution in [0.5, 0.6) is 0 Å². The summed E-state index contributed by atoms with van der Waals surface area (Å²) in [4.78, 5) is 19.5. The highest BCUT2D eigenvalue weighted by Gasteiger charge is 2.13. The molecule has 0 bridgehead atoms. The lowest BCUT2D eigenvalue weighted by Crippen LogP contribution is -2.05. The molecule has 3 heterocycles. The number of carboxylic acid groups (broad SMARTS) is 1. The van der Waals surface area contributed by atoms with Gasteiger partial charge in [-0.25, -0.2) is 9.78 Å². The zero-order valence-corrected chi connectivity index (χ0v) is 9.32. The summed E-state index contributed by atoms with van der Waals surface area (Å²) in [5.74, 6) is -0.376. The molecule has 18 heavy (non-hydrogen) atoms. The van der Waals surface area contributed by atoms with E-state index >= 15 is 0 Å². The number of carboxylic acids is 1. The van der Waals surface area contributed by atoms with Gasteiger partial charge in [-0.3, -0.25) is 9.38 Å². The van der Waals surface area contributed by atoms with Gasteiger partial charge in [0.15, 0.2) is 0 Å². The first-order valence-electron chi connectivity index (χ1n) is 5.37. The molecule has 0 fully saturated rings. The van der Waals surface area contributed by atoms with Crippen LogP contribution in [0.15, 0.2) is 48.9 Å². The van der Waals surface area contributed by atoms with Crippen molar-refractivity contribution in [3.63, 3.8) is 0 Å². The van der Waals surface area contributed by atoms with Crippen molar-refractivity contribution in [2.45, 2.75) is 0 Å². The molecule has 0 saturated carbocycles. The zero-order chi connectivity index (χ0) is 12.5. The number of hydrogen-bond donors (Lipinski definition) is 1. The summed E-state index contributed by atoms with van der Waals surface area (Å²) in [5.41, 5.74) is 1.78. The van der Waals surface area contributed by atoms with E-state index in [9.17, 15) is 9.90 Å². The summed E-state index contributed by atoms with van der Waals surface area (Å²) >= 11 is 0. The molecule has 0 spiro atoms. The maximum atomic E-state index is 11.2.